The number of anilines is 1. The molecule has 0 saturated carbocycles. The van der Waals surface area contributed by atoms with Crippen LogP contribution in [-0.2, 0) is 4.79 Å². The van der Waals surface area contributed by atoms with Crippen LogP contribution in [0.3, 0.4) is 0 Å². The highest BCUT2D eigenvalue weighted by Gasteiger charge is 2.13. The molecule has 0 spiro atoms. The summed E-state index contributed by atoms with van der Waals surface area (Å²) in [4.78, 5) is 21.4. The first kappa shape index (κ1) is 13.4. The fourth-order valence-electron chi connectivity index (χ4n) is 1.22. The summed E-state index contributed by atoms with van der Waals surface area (Å²) >= 11 is 5.64. The third-order valence-electron chi connectivity index (χ3n) is 2.03. The molecule has 0 fully saturated rings. The summed E-state index contributed by atoms with van der Waals surface area (Å²) in [7, 11) is 0. The number of nitro benzene ring substituents is 1. The van der Waals surface area contributed by atoms with Gasteiger partial charge in [0.25, 0.3) is 5.69 Å². The van der Waals surface area contributed by atoms with Crippen molar-refractivity contribution in [2.45, 2.75) is 12.8 Å². The van der Waals surface area contributed by atoms with Crippen LogP contribution in [0.25, 0.3) is 0 Å². The minimum absolute atomic E-state index is 0.0370. The summed E-state index contributed by atoms with van der Waals surface area (Å²) in [6.07, 6.45) is 0.856. The molecule has 1 aromatic rings. The van der Waals surface area contributed by atoms with Crippen molar-refractivity contribution < 1.29 is 9.72 Å². The van der Waals surface area contributed by atoms with Gasteiger partial charge in [0.05, 0.1) is 4.92 Å². The topological polar surface area (TPSA) is 98.3 Å². The molecule has 0 aromatic heterocycles. The summed E-state index contributed by atoms with van der Waals surface area (Å²) in [6.45, 7) is 0.425. The van der Waals surface area contributed by atoms with Gasteiger partial charge in [0.2, 0.25) is 5.91 Å². The predicted octanol–water partition coefficient (Wildman–Crippen LogP) is 1.93. The van der Waals surface area contributed by atoms with Crippen molar-refractivity contribution in [1.29, 1.82) is 0 Å². The fraction of sp³-hybridized carbons (Fsp3) is 0.300. The minimum atomic E-state index is -0.599. The quantitative estimate of drug-likeness (QED) is 0.622. The van der Waals surface area contributed by atoms with E-state index < -0.39 is 4.92 Å². The molecule has 92 valence electrons. The average molecular weight is 258 g/mol. The molecule has 7 heteroatoms. The van der Waals surface area contributed by atoms with E-state index in [9.17, 15) is 14.9 Å². The van der Waals surface area contributed by atoms with Gasteiger partial charge in [-0.3, -0.25) is 14.9 Å². The van der Waals surface area contributed by atoms with E-state index in [4.69, 9.17) is 17.3 Å². The van der Waals surface area contributed by atoms with E-state index in [1.807, 2.05) is 0 Å². The highest BCUT2D eigenvalue weighted by atomic mass is 35.5. The smallest absolute Gasteiger partial charge is 0.289 e. The normalized spacial score (nSPS) is 10.0. The first-order valence-corrected chi connectivity index (χ1v) is 5.36. The Morgan fingerprint density at radius 1 is 1.53 bits per heavy atom. The summed E-state index contributed by atoms with van der Waals surface area (Å²) in [5, 5.41) is 13.2. The second kappa shape index (κ2) is 6.17. The van der Waals surface area contributed by atoms with Gasteiger partial charge in [-0.05, 0) is 25.1 Å². The van der Waals surface area contributed by atoms with Gasteiger partial charge in [0, 0.05) is 18.2 Å². The number of hydrogen-bond acceptors (Lipinski definition) is 4. The molecule has 0 bridgehead atoms. The van der Waals surface area contributed by atoms with Gasteiger partial charge < -0.3 is 11.1 Å². The molecule has 0 heterocycles. The summed E-state index contributed by atoms with van der Waals surface area (Å²) in [5.74, 6) is -0.230. The van der Waals surface area contributed by atoms with Gasteiger partial charge >= 0.3 is 0 Å². The Labute approximate surface area is 103 Å². The lowest BCUT2D eigenvalue weighted by Crippen LogP contribution is -2.13. The standard InChI is InChI=1S/C10H12ClN3O3/c11-8-4-3-7(6-9(8)14(16)17)13-10(15)2-1-5-12/h3-4,6H,1-2,5,12H2,(H,13,15). The largest absolute Gasteiger partial charge is 0.330 e. The zero-order chi connectivity index (χ0) is 12.8. The van der Waals surface area contributed by atoms with Crippen molar-refractivity contribution >= 4 is 28.9 Å². The van der Waals surface area contributed by atoms with Crippen LogP contribution in [0.15, 0.2) is 18.2 Å². The van der Waals surface area contributed by atoms with Crippen molar-refractivity contribution in [2.24, 2.45) is 5.73 Å². The summed E-state index contributed by atoms with van der Waals surface area (Å²) < 4.78 is 0. The van der Waals surface area contributed by atoms with E-state index >= 15 is 0 Å². The molecule has 0 aliphatic heterocycles. The molecule has 17 heavy (non-hydrogen) atoms. The molecule has 3 N–H and O–H groups in total. The van der Waals surface area contributed by atoms with Gasteiger partial charge in [-0.2, -0.15) is 0 Å². The van der Waals surface area contributed by atoms with E-state index in [0.717, 1.165) is 0 Å². The fourth-order valence-corrected chi connectivity index (χ4v) is 1.40. The van der Waals surface area contributed by atoms with Crippen molar-refractivity contribution in [1.82, 2.24) is 0 Å². The highest BCUT2D eigenvalue weighted by molar-refractivity contribution is 6.32. The number of nitro groups is 1. The number of carbonyl (C=O) groups excluding carboxylic acids is 1. The molecule has 0 radical (unpaired) electrons. The van der Waals surface area contributed by atoms with Crippen molar-refractivity contribution in [3.8, 4) is 0 Å². The van der Waals surface area contributed by atoms with E-state index in [0.29, 0.717) is 18.7 Å². The van der Waals surface area contributed by atoms with Crippen LogP contribution >= 0.6 is 11.6 Å². The second-order valence-corrected chi connectivity index (χ2v) is 3.77. The Morgan fingerprint density at radius 3 is 2.82 bits per heavy atom. The number of halogens is 1. The summed E-state index contributed by atoms with van der Waals surface area (Å²) in [5.41, 5.74) is 5.38. The number of hydrogen-bond donors (Lipinski definition) is 2. The SMILES string of the molecule is NCCCC(=O)Nc1ccc(Cl)c([N+](=O)[O-])c1. The van der Waals surface area contributed by atoms with Gasteiger partial charge in [0.15, 0.2) is 0 Å². The van der Waals surface area contributed by atoms with Crippen molar-refractivity contribution in [3.63, 3.8) is 0 Å². The second-order valence-electron chi connectivity index (χ2n) is 3.36. The Morgan fingerprint density at radius 2 is 2.24 bits per heavy atom. The molecule has 6 nitrogen and oxygen atoms in total. The lowest BCUT2D eigenvalue weighted by molar-refractivity contribution is -0.384. The number of rotatable bonds is 5. The van der Waals surface area contributed by atoms with E-state index in [-0.39, 0.29) is 23.0 Å². The molecule has 0 aliphatic carbocycles. The predicted molar refractivity (Wildman–Crippen MR) is 65.0 cm³/mol. The van der Waals surface area contributed by atoms with Gasteiger partial charge in [0.1, 0.15) is 5.02 Å². The van der Waals surface area contributed by atoms with Crippen LogP contribution in [0.2, 0.25) is 5.02 Å². The van der Waals surface area contributed by atoms with Crippen molar-refractivity contribution in [3.05, 3.63) is 33.3 Å². The number of carbonyl (C=O) groups is 1. The van der Waals surface area contributed by atoms with Crippen molar-refractivity contribution in [2.75, 3.05) is 11.9 Å². The number of amides is 1. The van der Waals surface area contributed by atoms with Crippen LogP contribution in [-0.4, -0.2) is 17.4 Å². The van der Waals surface area contributed by atoms with Crippen LogP contribution in [0, 0.1) is 10.1 Å². The Bertz CT molecular complexity index is 437. The van der Waals surface area contributed by atoms with Crippen LogP contribution in [0.4, 0.5) is 11.4 Å². The number of nitrogens with zero attached hydrogens (tertiary/aromatic N) is 1. The lowest BCUT2D eigenvalue weighted by atomic mass is 10.2. The zero-order valence-corrected chi connectivity index (χ0v) is 9.74. The molecule has 0 unspecified atom stereocenters. The molecular formula is C10H12ClN3O3. The van der Waals surface area contributed by atoms with E-state index in [1.165, 1.54) is 18.2 Å². The number of nitrogens with one attached hydrogen (secondary N) is 1. The average Bonchev–Trinajstić information content (AvgIpc) is 2.28. The molecule has 0 saturated heterocycles. The maximum atomic E-state index is 11.4. The third-order valence-corrected chi connectivity index (χ3v) is 2.35. The Hall–Kier alpha value is -1.66. The molecular weight excluding hydrogens is 246 g/mol. The first-order chi connectivity index (χ1) is 8.04. The Balaban J connectivity index is 2.75. The van der Waals surface area contributed by atoms with Gasteiger partial charge in [-0.15, -0.1) is 0 Å². The van der Waals surface area contributed by atoms with Gasteiger partial charge in [-0.1, -0.05) is 11.6 Å². The highest BCUT2D eigenvalue weighted by Crippen LogP contribution is 2.27. The van der Waals surface area contributed by atoms with Crippen LogP contribution in [0.5, 0.6) is 0 Å². The van der Waals surface area contributed by atoms with E-state index in [2.05, 4.69) is 5.32 Å². The zero-order valence-electron chi connectivity index (χ0n) is 8.98. The molecule has 1 rings (SSSR count). The number of benzene rings is 1. The maximum Gasteiger partial charge on any atom is 0.289 e. The van der Waals surface area contributed by atoms with Crippen LogP contribution < -0.4 is 11.1 Å². The minimum Gasteiger partial charge on any atom is -0.330 e. The van der Waals surface area contributed by atoms with E-state index in [1.54, 1.807) is 0 Å². The molecule has 1 amide bonds. The number of nitrogens with two attached hydrogens (primary N) is 1. The first-order valence-electron chi connectivity index (χ1n) is 4.98. The third kappa shape index (κ3) is 4.01. The monoisotopic (exact) mass is 257 g/mol. The lowest BCUT2D eigenvalue weighted by Gasteiger charge is -2.05. The van der Waals surface area contributed by atoms with Gasteiger partial charge in [-0.25, -0.2) is 0 Å². The maximum absolute atomic E-state index is 11.4. The Kier molecular flexibility index (Phi) is 4.86. The molecule has 0 aliphatic rings. The molecule has 0 atom stereocenters. The summed E-state index contributed by atoms with van der Waals surface area (Å²) in [6, 6.07) is 4.11. The van der Waals surface area contributed by atoms with Crippen LogP contribution in [0.1, 0.15) is 12.8 Å². The molecule has 1 aromatic carbocycles.